The molecule has 1 saturated carbocycles. The topological polar surface area (TPSA) is 24.7 Å². The summed E-state index contributed by atoms with van der Waals surface area (Å²) >= 11 is 0. The molecule has 0 spiro atoms. The summed E-state index contributed by atoms with van der Waals surface area (Å²) in [6.45, 7) is 5.60. The lowest BCUT2D eigenvalue weighted by atomic mass is 9.89. The molecule has 0 heterocycles. The first-order valence-electron chi connectivity index (χ1n) is 3.84. The monoisotopic (exact) mass is 149 g/mol. The minimum atomic E-state index is 0. The molecular formula is C8H14BN2. The molecular weight excluding hydrogens is 135 g/mol. The van der Waals surface area contributed by atoms with Crippen LogP contribution in [0.1, 0.15) is 32.6 Å². The van der Waals surface area contributed by atoms with Crippen LogP contribution in [0.15, 0.2) is 10.2 Å². The van der Waals surface area contributed by atoms with Gasteiger partial charge in [-0.3, -0.25) is 0 Å². The van der Waals surface area contributed by atoms with Gasteiger partial charge in [0.2, 0.25) is 0 Å². The Balaban J connectivity index is 0.000001000. The highest BCUT2D eigenvalue weighted by molar-refractivity contribution is 5.85. The van der Waals surface area contributed by atoms with Crippen LogP contribution in [0.25, 0.3) is 0 Å². The van der Waals surface area contributed by atoms with Gasteiger partial charge in [-0.25, -0.2) is 0 Å². The molecule has 0 aliphatic heterocycles. The molecule has 1 rings (SSSR count). The van der Waals surface area contributed by atoms with E-state index >= 15 is 0 Å². The fourth-order valence-electron chi connectivity index (χ4n) is 1.45. The Morgan fingerprint density at radius 3 is 2.82 bits per heavy atom. The third-order valence-corrected chi connectivity index (χ3v) is 1.96. The second-order valence-electron chi connectivity index (χ2n) is 3.01. The van der Waals surface area contributed by atoms with Crippen molar-refractivity contribution in [2.24, 2.45) is 16.1 Å². The van der Waals surface area contributed by atoms with E-state index in [1.807, 2.05) is 0 Å². The summed E-state index contributed by atoms with van der Waals surface area (Å²) in [5, 5.41) is 7.50. The highest BCUT2D eigenvalue weighted by Gasteiger charge is 2.13. The van der Waals surface area contributed by atoms with Crippen LogP contribution in [-0.2, 0) is 0 Å². The third kappa shape index (κ3) is 3.35. The molecule has 59 valence electrons. The van der Waals surface area contributed by atoms with E-state index in [-0.39, 0.29) is 8.41 Å². The Bertz CT molecular complexity index is 154. The van der Waals surface area contributed by atoms with Crippen molar-refractivity contribution >= 4 is 20.8 Å². The van der Waals surface area contributed by atoms with Crippen molar-refractivity contribution in [3.63, 3.8) is 0 Å². The van der Waals surface area contributed by atoms with E-state index in [1.54, 1.807) is 0 Å². The Morgan fingerprint density at radius 2 is 2.27 bits per heavy atom. The number of nitrogens with zero attached hydrogens (tertiary/aromatic N) is 2. The van der Waals surface area contributed by atoms with E-state index in [4.69, 9.17) is 0 Å². The molecule has 1 unspecified atom stereocenters. The van der Waals surface area contributed by atoms with E-state index in [9.17, 15) is 0 Å². The average Bonchev–Trinajstić information content (AvgIpc) is 1.88. The second kappa shape index (κ2) is 5.11. The van der Waals surface area contributed by atoms with Crippen molar-refractivity contribution in [3.05, 3.63) is 0 Å². The van der Waals surface area contributed by atoms with Crippen LogP contribution in [-0.4, -0.2) is 20.8 Å². The molecule has 11 heavy (non-hydrogen) atoms. The second-order valence-corrected chi connectivity index (χ2v) is 3.01. The molecule has 3 heteroatoms. The summed E-state index contributed by atoms with van der Waals surface area (Å²) in [5.74, 6) is 0.800. The van der Waals surface area contributed by atoms with Gasteiger partial charge in [0.1, 0.15) is 0 Å². The van der Waals surface area contributed by atoms with E-state index in [0.29, 0.717) is 0 Å². The Morgan fingerprint density at radius 1 is 1.55 bits per heavy atom. The molecule has 2 nitrogen and oxygen atoms in total. The molecule has 1 aliphatic carbocycles. The first-order chi connectivity index (χ1) is 4.83. The highest BCUT2D eigenvalue weighted by atomic mass is 15.2. The molecule has 0 aromatic carbocycles. The number of hydrogen-bond acceptors (Lipinski definition) is 2. The van der Waals surface area contributed by atoms with E-state index < -0.39 is 0 Å². The maximum atomic E-state index is 3.96. The SMILES string of the molecule is C=NN=C1CCCC(C)C1.[B]. The lowest BCUT2D eigenvalue weighted by molar-refractivity contribution is 0.499. The van der Waals surface area contributed by atoms with Gasteiger partial charge < -0.3 is 0 Å². The maximum absolute atomic E-state index is 3.96. The van der Waals surface area contributed by atoms with Crippen LogP contribution in [0.4, 0.5) is 0 Å². The van der Waals surface area contributed by atoms with Gasteiger partial charge >= 0.3 is 0 Å². The predicted octanol–water partition coefficient (Wildman–Crippen LogP) is 1.87. The van der Waals surface area contributed by atoms with Gasteiger partial charge in [0.15, 0.2) is 0 Å². The Labute approximate surface area is 70.4 Å². The number of hydrogen-bond donors (Lipinski definition) is 0. The van der Waals surface area contributed by atoms with Crippen molar-refractivity contribution in [2.45, 2.75) is 32.6 Å². The molecule has 0 aromatic rings. The third-order valence-electron chi connectivity index (χ3n) is 1.96. The molecule has 0 bridgehead atoms. The normalized spacial score (nSPS) is 27.7. The summed E-state index contributed by atoms with van der Waals surface area (Å²) in [4.78, 5) is 0. The Hall–Kier alpha value is -0.595. The molecule has 1 fully saturated rings. The average molecular weight is 149 g/mol. The van der Waals surface area contributed by atoms with Crippen LogP contribution < -0.4 is 0 Å². The van der Waals surface area contributed by atoms with Crippen molar-refractivity contribution in [2.75, 3.05) is 0 Å². The van der Waals surface area contributed by atoms with Crippen molar-refractivity contribution in [1.29, 1.82) is 0 Å². The minimum absolute atomic E-state index is 0. The number of rotatable bonds is 1. The van der Waals surface area contributed by atoms with Gasteiger partial charge in [-0.1, -0.05) is 6.92 Å². The quantitative estimate of drug-likeness (QED) is 0.309. The van der Waals surface area contributed by atoms with Gasteiger partial charge in [-0.2, -0.15) is 10.2 Å². The van der Waals surface area contributed by atoms with Crippen LogP contribution in [0.5, 0.6) is 0 Å². The zero-order chi connectivity index (χ0) is 7.40. The van der Waals surface area contributed by atoms with Gasteiger partial charge in [0, 0.05) is 20.8 Å². The largest absolute Gasteiger partial charge is 0.167 e. The molecule has 0 amide bonds. The van der Waals surface area contributed by atoms with Gasteiger partial charge in [0.05, 0.1) is 0 Å². The van der Waals surface area contributed by atoms with Gasteiger partial charge in [0.25, 0.3) is 0 Å². The van der Waals surface area contributed by atoms with E-state index in [2.05, 4.69) is 23.8 Å². The van der Waals surface area contributed by atoms with Crippen LogP contribution >= 0.6 is 0 Å². The maximum Gasteiger partial charge on any atom is 0.0408 e. The fourth-order valence-corrected chi connectivity index (χ4v) is 1.45. The molecule has 0 aromatic heterocycles. The van der Waals surface area contributed by atoms with Crippen molar-refractivity contribution in [1.82, 2.24) is 0 Å². The lowest BCUT2D eigenvalue weighted by Crippen LogP contribution is -2.11. The lowest BCUT2D eigenvalue weighted by Gasteiger charge is -2.17. The molecule has 0 N–H and O–H groups in total. The van der Waals surface area contributed by atoms with Crippen molar-refractivity contribution in [3.8, 4) is 0 Å². The van der Waals surface area contributed by atoms with Crippen molar-refractivity contribution < 1.29 is 0 Å². The van der Waals surface area contributed by atoms with Crippen LogP contribution in [0.3, 0.4) is 0 Å². The molecule has 1 aliphatic rings. The summed E-state index contributed by atoms with van der Waals surface area (Å²) < 4.78 is 0. The molecule has 3 radical (unpaired) electrons. The molecule has 0 saturated heterocycles. The van der Waals surface area contributed by atoms with Crippen LogP contribution in [0.2, 0.25) is 0 Å². The van der Waals surface area contributed by atoms with E-state index in [1.165, 1.54) is 18.6 Å². The van der Waals surface area contributed by atoms with Gasteiger partial charge in [-0.05, 0) is 31.6 Å². The van der Waals surface area contributed by atoms with Gasteiger partial charge in [-0.15, -0.1) is 0 Å². The fraction of sp³-hybridized carbons (Fsp3) is 0.750. The summed E-state index contributed by atoms with van der Waals surface area (Å²) in [7, 11) is 0. The Kier molecular flexibility index (Phi) is 4.83. The summed E-state index contributed by atoms with van der Waals surface area (Å²) in [6.07, 6.45) is 4.87. The zero-order valence-electron chi connectivity index (χ0n) is 7.08. The van der Waals surface area contributed by atoms with E-state index in [0.717, 1.165) is 18.8 Å². The van der Waals surface area contributed by atoms with Crippen LogP contribution in [0, 0.1) is 5.92 Å². The summed E-state index contributed by atoms with van der Waals surface area (Å²) in [6, 6.07) is 0. The molecule has 1 atom stereocenters. The first-order valence-corrected chi connectivity index (χ1v) is 3.84. The highest BCUT2D eigenvalue weighted by Crippen LogP contribution is 2.21. The minimum Gasteiger partial charge on any atom is -0.167 e. The zero-order valence-corrected chi connectivity index (χ0v) is 7.08. The predicted molar refractivity (Wildman–Crippen MR) is 50.4 cm³/mol. The smallest absolute Gasteiger partial charge is 0.0408 e. The summed E-state index contributed by atoms with van der Waals surface area (Å²) in [5.41, 5.74) is 1.23. The standard InChI is InChI=1S/C8H14N2.B/c1-7-4-3-5-8(6-7)10-9-2;/h7H,2-6H2,1H3;. The first kappa shape index (κ1) is 10.4.